The van der Waals surface area contributed by atoms with Gasteiger partial charge in [-0.05, 0) is 77.6 Å². The van der Waals surface area contributed by atoms with E-state index in [1.54, 1.807) is 0 Å². The van der Waals surface area contributed by atoms with E-state index >= 15 is 0 Å². The Bertz CT molecular complexity index is 643. The van der Waals surface area contributed by atoms with Crippen LogP contribution in [-0.4, -0.2) is 73.2 Å². The third-order valence-corrected chi connectivity index (χ3v) is 6.32. The fourth-order valence-corrected chi connectivity index (χ4v) is 4.94. The van der Waals surface area contributed by atoms with Crippen molar-refractivity contribution >= 4 is 11.6 Å². The molecule has 1 amide bonds. The van der Waals surface area contributed by atoms with Crippen molar-refractivity contribution in [2.75, 3.05) is 44.2 Å². The Hall–Kier alpha value is -1.59. The second kappa shape index (κ2) is 9.94. The minimum Gasteiger partial charge on any atom is -0.373 e. The Balaban J connectivity index is 1.51. The Morgan fingerprint density at radius 3 is 2.21 bits per heavy atom. The molecule has 0 spiro atoms. The molecule has 0 aromatic heterocycles. The van der Waals surface area contributed by atoms with Crippen LogP contribution in [0.4, 0.5) is 5.69 Å². The van der Waals surface area contributed by atoms with Gasteiger partial charge in [0.2, 0.25) is 0 Å². The van der Waals surface area contributed by atoms with E-state index in [0.29, 0.717) is 24.2 Å². The molecule has 0 bridgehead atoms. The normalized spacial score (nSPS) is 24.1. The SMILES string of the molecule is CCN(c1ccc(C(=O)N2CCC(CN3CC(C)OC(C)C3)CC2)cc1)C(C)C. The first kappa shape index (κ1) is 22.1. The van der Waals surface area contributed by atoms with Crippen LogP contribution in [0.5, 0.6) is 0 Å². The molecule has 2 fully saturated rings. The molecule has 29 heavy (non-hydrogen) atoms. The molecule has 0 saturated carbocycles. The van der Waals surface area contributed by atoms with Crippen molar-refractivity contribution in [1.29, 1.82) is 0 Å². The monoisotopic (exact) mass is 401 g/mol. The number of ether oxygens (including phenoxy) is 1. The molecule has 2 saturated heterocycles. The highest BCUT2D eigenvalue weighted by atomic mass is 16.5. The van der Waals surface area contributed by atoms with E-state index in [1.807, 2.05) is 17.0 Å². The second-order valence-electron chi connectivity index (χ2n) is 9.14. The summed E-state index contributed by atoms with van der Waals surface area (Å²) in [7, 11) is 0. The summed E-state index contributed by atoms with van der Waals surface area (Å²) in [6.07, 6.45) is 2.84. The average Bonchev–Trinajstić information content (AvgIpc) is 2.68. The van der Waals surface area contributed by atoms with Crippen LogP contribution in [0.3, 0.4) is 0 Å². The van der Waals surface area contributed by atoms with Gasteiger partial charge in [-0.3, -0.25) is 9.69 Å². The van der Waals surface area contributed by atoms with Gasteiger partial charge >= 0.3 is 0 Å². The van der Waals surface area contributed by atoms with Crippen LogP contribution >= 0.6 is 0 Å². The number of carbonyl (C=O) groups excluding carboxylic acids is 1. The molecule has 1 aromatic rings. The van der Waals surface area contributed by atoms with Gasteiger partial charge in [0.05, 0.1) is 12.2 Å². The van der Waals surface area contributed by atoms with Crippen LogP contribution in [-0.2, 0) is 4.74 Å². The summed E-state index contributed by atoms with van der Waals surface area (Å²) >= 11 is 0. The third-order valence-electron chi connectivity index (χ3n) is 6.32. The number of piperidine rings is 1. The van der Waals surface area contributed by atoms with Gasteiger partial charge in [0.1, 0.15) is 0 Å². The van der Waals surface area contributed by atoms with E-state index in [4.69, 9.17) is 4.74 Å². The second-order valence-corrected chi connectivity index (χ2v) is 9.14. The molecule has 2 aliphatic rings. The number of amides is 1. The molecule has 0 N–H and O–H groups in total. The summed E-state index contributed by atoms with van der Waals surface area (Å²) in [5.74, 6) is 0.860. The van der Waals surface area contributed by atoms with E-state index in [-0.39, 0.29) is 5.91 Å². The summed E-state index contributed by atoms with van der Waals surface area (Å²) in [6, 6.07) is 8.61. The Morgan fingerprint density at radius 1 is 1.10 bits per heavy atom. The molecule has 3 rings (SSSR count). The van der Waals surface area contributed by atoms with E-state index < -0.39 is 0 Å². The molecule has 5 nitrogen and oxygen atoms in total. The number of benzene rings is 1. The topological polar surface area (TPSA) is 36.0 Å². The lowest BCUT2D eigenvalue weighted by molar-refractivity contribution is -0.0728. The highest BCUT2D eigenvalue weighted by molar-refractivity contribution is 5.94. The van der Waals surface area contributed by atoms with E-state index in [2.05, 4.69) is 56.6 Å². The lowest BCUT2D eigenvalue weighted by Gasteiger charge is -2.39. The molecule has 2 unspecified atom stereocenters. The van der Waals surface area contributed by atoms with Crippen LogP contribution in [0.2, 0.25) is 0 Å². The average molecular weight is 402 g/mol. The van der Waals surface area contributed by atoms with Gasteiger partial charge in [0, 0.05) is 56.6 Å². The molecule has 2 heterocycles. The zero-order chi connectivity index (χ0) is 21.0. The van der Waals surface area contributed by atoms with Crippen molar-refractivity contribution in [3.63, 3.8) is 0 Å². The van der Waals surface area contributed by atoms with Crippen molar-refractivity contribution in [1.82, 2.24) is 9.80 Å². The standard InChI is InChI=1S/C24H39N3O2/c1-6-27(18(2)3)23-9-7-22(8-10-23)24(28)26-13-11-21(12-14-26)17-25-15-19(4)29-20(5)16-25/h7-10,18-21H,6,11-17H2,1-5H3. The van der Waals surface area contributed by atoms with Gasteiger partial charge < -0.3 is 14.5 Å². The molecule has 0 radical (unpaired) electrons. The first-order chi connectivity index (χ1) is 13.9. The minimum atomic E-state index is 0.177. The van der Waals surface area contributed by atoms with Crippen LogP contribution < -0.4 is 4.90 Å². The van der Waals surface area contributed by atoms with Gasteiger partial charge in [-0.2, -0.15) is 0 Å². The maximum Gasteiger partial charge on any atom is 0.253 e. The summed E-state index contributed by atoms with van der Waals surface area (Å²) in [5.41, 5.74) is 1.99. The summed E-state index contributed by atoms with van der Waals surface area (Å²) < 4.78 is 5.85. The lowest BCUT2D eigenvalue weighted by atomic mass is 9.95. The zero-order valence-electron chi connectivity index (χ0n) is 18.9. The highest BCUT2D eigenvalue weighted by Crippen LogP contribution is 2.23. The Morgan fingerprint density at radius 2 is 1.69 bits per heavy atom. The van der Waals surface area contributed by atoms with Crippen LogP contribution in [0.25, 0.3) is 0 Å². The van der Waals surface area contributed by atoms with Crippen LogP contribution in [0.1, 0.15) is 57.8 Å². The summed E-state index contributed by atoms with van der Waals surface area (Å²) in [6.45, 7) is 16.8. The number of hydrogen-bond acceptors (Lipinski definition) is 4. The number of rotatable bonds is 6. The van der Waals surface area contributed by atoms with E-state index in [9.17, 15) is 4.79 Å². The molecule has 2 atom stereocenters. The molecular weight excluding hydrogens is 362 g/mol. The smallest absolute Gasteiger partial charge is 0.253 e. The van der Waals surface area contributed by atoms with Gasteiger partial charge in [0.25, 0.3) is 5.91 Å². The van der Waals surface area contributed by atoms with Crippen molar-refractivity contribution in [2.24, 2.45) is 5.92 Å². The Kier molecular flexibility index (Phi) is 7.58. The number of morpholine rings is 1. The van der Waals surface area contributed by atoms with Crippen LogP contribution in [0, 0.1) is 5.92 Å². The van der Waals surface area contributed by atoms with Crippen molar-refractivity contribution in [3.8, 4) is 0 Å². The quantitative estimate of drug-likeness (QED) is 0.725. The number of carbonyl (C=O) groups is 1. The lowest BCUT2D eigenvalue weighted by Crippen LogP contribution is -2.48. The van der Waals surface area contributed by atoms with Crippen LogP contribution in [0.15, 0.2) is 24.3 Å². The molecule has 162 valence electrons. The maximum absolute atomic E-state index is 13.0. The highest BCUT2D eigenvalue weighted by Gasteiger charge is 2.28. The zero-order valence-corrected chi connectivity index (χ0v) is 18.9. The number of anilines is 1. The Labute approximate surface area is 177 Å². The van der Waals surface area contributed by atoms with Crippen molar-refractivity contribution < 1.29 is 9.53 Å². The summed E-state index contributed by atoms with van der Waals surface area (Å²) in [4.78, 5) is 19.9. The first-order valence-electron chi connectivity index (χ1n) is 11.4. The number of hydrogen-bond donors (Lipinski definition) is 0. The molecule has 1 aromatic carbocycles. The number of nitrogens with zero attached hydrogens (tertiary/aromatic N) is 3. The van der Waals surface area contributed by atoms with E-state index in [1.165, 1.54) is 5.69 Å². The van der Waals surface area contributed by atoms with Crippen molar-refractivity contribution in [3.05, 3.63) is 29.8 Å². The fourth-order valence-electron chi connectivity index (χ4n) is 4.94. The fraction of sp³-hybridized carbons (Fsp3) is 0.708. The summed E-state index contributed by atoms with van der Waals surface area (Å²) in [5, 5.41) is 0. The molecule has 0 aliphatic carbocycles. The minimum absolute atomic E-state index is 0.177. The largest absolute Gasteiger partial charge is 0.373 e. The van der Waals surface area contributed by atoms with Gasteiger partial charge in [0.15, 0.2) is 0 Å². The predicted octanol–water partition coefficient (Wildman–Crippen LogP) is 3.88. The van der Waals surface area contributed by atoms with Gasteiger partial charge in [-0.1, -0.05) is 0 Å². The maximum atomic E-state index is 13.0. The predicted molar refractivity (Wildman–Crippen MR) is 120 cm³/mol. The first-order valence-corrected chi connectivity index (χ1v) is 11.4. The molecule has 2 aliphatic heterocycles. The molecular formula is C24H39N3O2. The van der Waals surface area contributed by atoms with Gasteiger partial charge in [-0.15, -0.1) is 0 Å². The van der Waals surface area contributed by atoms with E-state index in [0.717, 1.165) is 57.7 Å². The van der Waals surface area contributed by atoms with Crippen molar-refractivity contribution in [2.45, 2.75) is 65.7 Å². The number of likely N-dealkylation sites (tertiary alicyclic amines) is 1. The van der Waals surface area contributed by atoms with Gasteiger partial charge in [-0.25, -0.2) is 0 Å². The molecule has 5 heteroatoms. The third kappa shape index (κ3) is 5.73.